The van der Waals surface area contributed by atoms with Crippen LogP contribution in [-0.4, -0.2) is 16.2 Å². The molecule has 1 aliphatic rings. The first-order valence-corrected chi connectivity index (χ1v) is 7.87. The number of carbonyl (C=O) groups is 1. The maximum absolute atomic E-state index is 11.3. The number of fused-ring (bicyclic) bond motifs is 1. The molecule has 2 aromatic rings. The van der Waals surface area contributed by atoms with Gasteiger partial charge in [0.25, 0.3) is 0 Å². The highest BCUT2D eigenvalue weighted by molar-refractivity contribution is 7.10. The predicted molar refractivity (Wildman–Crippen MR) is 83.0 cm³/mol. The minimum absolute atomic E-state index is 0.0597. The fourth-order valence-corrected chi connectivity index (χ4v) is 4.01. The monoisotopic (exact) mass is 302 g/mol. The number of hydrogen-bond acceptors (Lipinski definition) is 3. The number of benzene rings is 1. The van der Waals surface area contributed by atoms with Crippen molar-refractivity contribution in [1.29, 1.82) is 0 Å². The lowest BCUT2D eigenvalue weighted by atomic mass is 9.66. The van der Waals surface area contributed by atoms with Gasteiger partial charge in [-0.2, -0.15) is 0 Å². The quantitative estimate of drug-likeness (QED) is 0.888. The summed E-state index contributed by atoms with van der Waals surface area (Å²) in [6.07, 6.45) is 1.47. The average molecular weight is 302 g/mol. The van der Waals surface area contributed by atoms with Crippen molar-refractivity contribution in [2.75, 3.05) is 0 Å². The van der Waals surface area contributed by atoms with Crippen LogP contribution in [0.5, 0.6) is 0 Å². The molecular formula is C17H18O3S. The molecule has 0 spiro atoms. The van der Waals surface area contributed by atoms with Crippen LogP contribution in [-0.2, 0) is 11.0 Å². The minimum atomic E-state index is -1.08. The molecule has 0 radical (unpaired) electrons. The zero-order chi connectivity index (χ0) is 15.3. The van der Waals surface area contributed by atoms with Gasteiger partial charge in [-0.25, -0.2) is 4.79 Å². The third-order valence-corrected chi connectivity index (χ3v) is 5.50. The van der Waals surface area contributed by atoms with E-state index in [1.807, 2.05) is 23.6 Å². The molecule has 3 nitrogen and oxygen atoms in total. The molecule has 3 rings (SSSR count). The Kier molecular flexibility index (Phi) is 3.19. The molecule has 0 fully saturated rings. The first-order valence-electron chi connectivity index (χ1n) is 6.99. The standard InChI is InChI=1S/C17H18O3S/c1-16(2)7-8-17(20,14-4-3-9-21-14)13-10-11(15(18)19)5-6-12(13)16/h3-6,9-10,20H,7-8H2,1-2H3,(H,18,19). The van der Waals surface area contributed by atoms with Crippen molar-refractivity contribution in [2.45, 2.75) is 37.7 Å². The van der Waals surface area contributed by atoms with Gasteiger partial charge in [-0.3, -0.25) is 0 Å². The third kappa shape index (κ3) is 2.19. The number of aliphatic hydroxyl groups is 1. The Hall–Kier alpha value is -1.65. The SMILES string of the molecule is CC1(C)CCC(O)(c2cccs2)c2cc(C(=O)O)ccc21. The molecule has 21 heavy (non-hydrogen) atoms. The number of aromatic carboxylic acids is 1. The van der Waals surface area contributed by atoms with E-state index in [1.54, 1.807) is 12.1 Å². The van der Waals surface area contributed by atoms with Gasteiger partial charge in [0.1, 0.15) is 5.60 Å². The van der Waals surface area contributed by atoms with Gasteiger partial charge in [0.2, 0.25) is 0 Å². The van der Waals surface area contributed by atoms with E-state index in [4.69, 9.17) is 0 Å². The zero-order valence-electron chi connectivity index (χ0n) is 12.1. The molecular weight excluding hydrogens is 284 g/mol. The van der Waals surface area contributed by atoms with Crippen LogP contribution >= 0.6 is 11.3 Å². The molecule has 4 heteroatoms. The largest absolute Gasteiger partial charge is 0.478 e. The summed E-state index contributed by atoms with van der Waals surface area (Å²) in [7, 11) is 0. The summed E-state index contributed by atoms with van der Waals surface area (Å²) >= 11 is 1.51. The lowest BCUT2D eigenvalue weighted by molar-refractivity contribution is 0.0528. The average Bonchev–Trinajstić information content (AvgIpc) is 2.98. The molecule has 1 aliphatic carbocycles. The van der Waals surface area contributed by atoms with Gasteiger partial charge in [0, 0.05) is 4.88 Å². The maximum Gasteiger partial charge on any atom is 0.335 e. The fourth-order valence-electron chi connectivity index (χ4n) is 3.14. The first-order chi connectivity index (χ1) is 9.84. The van der Waals surface area contributed by atoms with Gasteiger partial charge >= 0.3 is 5.97 Å². The number of thiophene rings is 1. The molecule has 0 amide bonds. The van der Waals surface area contributed by atoms with Crippen molar-refractivity contribution in [1.82, 2.24) is 0 Å². The summed E-state index contributed by atoms with van der Waals surface area (Å²) in [5.41, 5.74) is 0.859. The molecule has 2 N–H and O–H groups in total. The first kappa shape index (κ1) is 14.3. The summed E-state index contributed by atoms with van der Waals surface area (Å²) in [5, 5.41) is 22.4. The lowest BCUT2D eigenvalue weighted by Crippen LogP contribution is -2.38. The second-order valence-corrected chi connectivity index (χ2v) is 7.23. The number of carboxylic acids is 1. The van der Waals surface area contributed by atoms with E-state index >= 15 is 0 Å². The highest BCUT2D eigenvalue weighted by Gasteiger charge is 2.43. The van der Waals surface area contributed by atoms with Gasteiger partial charge in [-0.05, 0) is 53.0 Å². The topological polar surface area (TPSA) is 57.5 Å². The van der Waals surface area contributed by atoms with Gasteiger partial charge in [-0.15, -0.1) is 11.3 Å². The molecule has 1 unspecified atom stereocenters. The third-order valence-electron chi connectivity index (χ3n) is 4.48. The molecule has 110 valence electrons. The van der Waals surface area contributed by atoms with Crippen LogP contribution in [0.2, 0.25) is 0 Å². The highest BCUT2D eigenvalue weighted by Crippen LogP contribution is 2.49. The number of hydrogen-bond donors (Lipinski definition) is 2. The summed E-state index contributed by atoms with van der Waals surface area (Å²) < 4.78 is 0. The normalized spacial score (nSPS) is 23.6. The summed E-state index contributed by atoms with van der Waals surface area (Å²) in [6.45, 7) is 4.28. The Morgan fingerprint density at radius 3 is 2.57 bits per heavy atom. The molecule has 0 aliphatic heterocycles. The van der Waals surface area contributed by atoms with Gasteiger partial charge in [0.05, 0.1) is 5.56 Å². The lowest BCUT2D eigenvalue weighted by Gasteiger charge is -2.42. The second kappa shape index (κ2) is 4.68. The van der Waals surface area contributed by atoms with Crippen molar-refractivity contribution in [2.24, 2.45) is 0 Å². The summed E-state index contributed by atoms with van der Waals surface area (Å²) in [6, 6.07) is 8.95. The predicted octanol–water partition coefficient (Wildman–Crippen LogP) is 3.75. The van der Waals surface area contributed by atoms with E-state index in [1.165, 1.54) is 11.3 Å². The van der Waals surface area contributed by atoms with Crippen LogP contribution in [0.15, 0.2) is 35.7 Å². The zero-order valence-corrected chi connectivity index (χ0v) is 12.9. The smallest absolute Gasteiger partial charge is 0.335 e. The van der Waals surface area contributed by atoms with Crippen LogP contribution in [0.4, 0.5) is 0 Å². The van der Waals surface area contributed by atoms with E-state index < -0.39 is 11.6 Å². The molecule has 0 saturated carbocycles. The van der Waals surface area contributed by atoms with Crippen molar-refractivity contribution < 1.29 is 15.0 Å². The summed E-state index contributed by atoms with van der Waals surface area (Å²) in [5.74, 6) is -0.963. The Balaban J connectivity index is 2.25. The number of rotatable bonds is 2. The van der Waals surface area contributed by atoms with Crippen molar-refractivity contribution in [3.63, 3.8) is 0 Å². The minimum Gasteiger partial charge on any atom is -0.478 e. The maximum atomic E-state index is 11.3. The van der Waals surface area contributed by atoms with Crippen LogP contribution in [0.25, 0.3) is 0 Å². The van der Waals surface area contributed by atoms with Crippen LogP contribution in [0, 0.1) is 0 Å². The fraction of sp³-hybridized carbons (Fsp3) is 0.353. The molecule has 1 aromatic heterocycles. The Morgan fingerprint density at radius 1 is 1.19 bits per heavy atom. The molecule has 0 saturated heterocycles. The van der Waals surface area contributed by atoms with Gasteiger partial charge in [0.15, 0.2) is 0 Å². The second-order valence-electron chi connectivity index (χ2n) is 6.29. The van der Waals surface area contributed by atoms with E-state index in [-0.39, 0.29) is 11.0 Å². The molecule has 1 heterocycles. The van der Waals surface area contributed by atoms with E-state index in [0.717, 1.165) is 22.4 Å². The van der Waals surface area contributed by atoms with Crippen LogP contribution in [0.3, 0.4) is 0 Å². The van der Waals surface area contributed by atoms with Crippen molar-refractivity contribution >= 4 is 17.3 Å². The highest BCUT2D eigenvalue weighted by atomic mass is 32.1. The Labute approximate surface area is 127 Å². The van der Waals surface area contributed by atoms with Gasteiger partial charge in [-0.1, -0.05) is 26.0 Å². The van der Waals surface area contributed by atoms with E-state index in [2.05, 4.69) is 13.8 Å². The van der Waals surface area contributed by atoms with E-state index in [0.29, 0.717) is 6.42 Å². The number of carboxylic acid groups (broad SMARTS) is 1. The summed E-state index contributed by atoms with van der Waals surface area (Å²) in [4.78, 5) is 12.1. The molecule has 0 bridgehead atoms. The van der Waals surface area contributed by atoms with Crippen molar-refractivity contribution in [3.05, 3.63) is 57.3 Å². The Bertz CT molecular complexity index is 688. The molecule has 1 aromatic carbocycles. The van der Waals surface area contributed by atoms with Gasteiger partial charge < -0.3 is 10.2 Å². The molecule has 1 atom stereocenters. The van der Waals surface area contributed by atoms with Crippen molar-refractivity contribution in [3.8, 4) is 0 Å². The Morgan fingerprint density at radius 2 is 1.95 bits per heavy atom. The van der Waals surface area contributed by atoms with Crippen LogP contribution < -0.4 is 0 Å². The van der Waals surface area contributed by atoms with E-state index in [9.17, 15) is 15.0 Å². The van der Waals surface area contributed by atoms with Crippen LogP contribution in [0.1, 0.15) is 53.1 Å².